The van der Waals surface area contributed by atoms with E-state index in [-0.39, 0.29) is 51.4 Å². The lowest BCUT2D eigenvalue weighted by Gasteiger charge is -2.50. The third kappa shape index (κ3) is 12.5. The molecule has 0 aliphatic carbocycles. The first-order chi connectivity index (χ1) is 21.3. The minimum atomic E-state index is -1.53. The molecule has 2 rings (SSSR count). The van der Waals surface area contributed by atoms with Crippen LogP contribution in [0.2, 0.25) is 0 Å². The Morgan fingerprint density at radius 3 is 2.13 bits per heavy atom. The molecule has 1 aromatic rings. The van der Waals surface area contributed by atoms with Crippen molar-refractivity contribution >= 4 is 55.8 Å². The molecule has 1 aliphatic heterocycles. The predicted octanol–water partition coefficient (Wildman–Crippen LogP) is 11.3. The molecular formula is C38H67NO4S4. The molecule has 0 saturated carbocycles. The molecule has 272 valence electrons. The number of carbonyl (C=O) groups excluding carboxylic acids is 1. The number of allylic oxidation sites excluding steroid dienone is 2. The van der Waals surface area contributed by atoms with Crippen molar-refractivity contribution in [3.8, 4) is 0 Å². The molecule has 0 N–H and O–H groups in total. The van der Waals surface area contributed by atoms with Gasteiger partial charge in [-0.05, 0) is 77.7 Å². The summed E-state index contributed by atoms with van der Waals surface area (Å²) in [6, 6.07) is 0. The van der Waals surface area contributed by atoms with Gasteiger partial charge in [0.2, 0.25) is 0 Å². The number of hydrogen-bond donors (Lipinski definition) is 0. The van der Waals surface area contributed by atoms with E-state index in [0.29, 0.717) is 6.42 Å². The summed E-state index contributed by atoms with van der Waals surface area (Å²) in [5, 5.41) is 3.22. The molecule has 1 aromatic heterocycles. The summed E-state index contributed by atoms with van der Waals surface area (Å²) in [6.45, 7) is 28.8. The zero-order valence-corrected chi connectivity index (χ0v) is 35.9. The normalized spacial score (nSPS) is 29.0. The smallest absolute Gasteiger partial charge is 0.309 e. The number of ether oxygens (including phenoxy) is 1. The van der Waals surface area contributed by atoms with E-state index < -0.39 is 25.4 Å². The van der Waals surface area contributed by atoms with Gasteiger partial charge in [-0.2, -0.15) is 0 Å². The maximum atomic E-state index is 14.0. The van der Waals surface area contributed by atoms with E-state index in [2.05, 4.69) is 124 Å². The summed E-state index contributed by atoms with van der Waals surface area (Å²) >= 11 is 3.50. The topological polar surface area (TPSA) is 57.7 Å². The van der Waals surface area contributed by atoms with Crippen LogP contribution in [-0.4, -0.2) is 73.8 Å². The number of hydrogen-bond acceptors (Lipinski definition) is 7. The van der Waals surface area contributed by atoms with Gasteiger partial charge < -0.3 is 13.1 Å². The number of rotatable bonds is 6. The van der Waals surface area contributed by atoms with E-state index >= 15 is 0 Å². The van der Waals surface area contributed by atoms with Gasteiger partial charge in [0, 0.05) is 37.2 Å². The summed E-state index contributed by atoms with van der Waals surface area (Å²) in [5.74, 6) is -0.0197. The van der Waals surface area contributed by atoms with Gasteiger partial charge >= 0.3 is 5.97 Å². The number of thioether (sulfide) groups is 1. The third-order valence-corrected chi connectivity index (χ3v) is 19.2. The van der Waals surface area contributed by atoms with Crippen LogP contribution in [0.4, 0.5) is 0 Å². The average molecular weight is 730 g/mol. The van der Waals surface area contributed by atoms with Crippen LogP contribution in [-0.2, 0) is 17.9 Å². The molecule has 0 aromatic carbocycles. The zero-order chi connectivity index (χ0) is 36.2. The molecule has 0 saturated heterocycles. The second kappa shape index (κ2) is 16.5. The van der Waals surface area contributed by atoms with Crippen LogP contribution in [0.5, 0.6) is 0 Å². The van der Waals surface area contributed by atoms with Gasteiger partial charge in [-0.3, -0.25) is 4.79 Å². The van der Waals surface area contributed by atoms with E-state index in [1.807, 2.05) is 37.1 Å². The summed E-state index contributed by atoms with van der Waals surface area (Å²) in [4.78, 5) is 18.6. The third-order valence-electron chi connectivity index (χ3n) is 9.61. The standard InChI is InChI=1S/C38H67NO4S4/c1-26-19-18-20-27(2)35(43-47(16,17)37(9,10)11)29(4)45-38(12,13)33(42-46(14,15)36(6,7)8)24-34(40)41-32(22-21-26)28(3)23-31-25-44-30(5)39-31/h18,20-21,23,25,27,29,32-33,35H,19,22,24H2,1-17H3/b20-18-,26-21-,28-23+/t27-,29+,32-,33-,35-/m0/s1. The minimum absolute atomic E-state index is 0.000894. The van der Waals surface area contributed by atoms with Crippen molar-refractivity contribution in [1.82, 2.24) is 4.98 Å². The van der Waals surface area contributed by atoms with Crippen molar-refractivity contribution in [3.63, 3.8) is 0 Å². The van der Waals surface area contributed by atoms with Crippen molar-refractivity contribution in [1.29, 1.82) is 0 Å². The SMILES string of the molecule is C/C1=C/C[C@@H](/C(C)=C/c2csc(C)n2)OC(=O)C[C@H](OS(C)(C)C(C)(C)C)C(C)(C)S[C@H](C)[C@@H](OS(C)(C)C(C)(C)C)[C@@H](C)/C=C\C1. The van der Waals surface area contributed by atoms with Crippen molar-refractivity contribution in [2.24, 2.45) is 5.92 Å². The molecule has 47 heavy (non-hydrogen) atoms. The predicted molar refractivity (Wildman–Crippen MR) is 216 cm³/mol. The number of aryl methyl sites for hydroxylation is 1. The Balaban J connectivity index is 2.63. The molecular weight excluding hydrogens is 663 g/mol. The Hall–Kier alpha value is -0.710. The fraction of sp³-hybridized carbons (Fsp3) is 0.737. The number of esters is 1. The fourth-order valence-corrected chi connectivity index (χ4v) is 9.64. The van der Waals surface area contributed by atoms with Gasteiger partial charge in [0.25, 0.3) is 0 Å². The Morgan fingerprint density at radius 1 is 1.02 bits per heavy atom. The summed E-state index contributed by atoms with van der Waals surface area (Å²) in [5.41, 5.74) is 3.14. The van der Waals surface area contributed by atoms with Crippen LogP contribution in [0, 0.1) is 12.8 Å². The van der Waals surface area contributed by atoms with Crippen LogP contribution in [0.3, 0.4) is 0 Å². The Kier molecular flexibility index (Phi) is 14.9. The van der Waals surface area contributed by atoms with Gasteiger partial charge in [-0.25, -0.2) is 4.98 Å². The molecule has 0 fully saturated rings. The van der Waals surface area contributed by atoms with Crippen LogP contribution < -0.4 is 0 Å². The molecule has 2 heterocycles. The first kappa shape index (κ1) is 42.5. The number of thiazole rings is 1. The molecule has 0 radical (unpaired) electrons. The number of nitrogens with zero attached hydrogens (tertiary/aromatic N) is 1. The fourth-order valence-electron chi connectivity index (χ4n) is 4.90. The largest absolute Gasteiger partial charge is 0.457 e. The monoisotopic (exact) mass is 729 g/mol. The second-order valence-electron chi connectivity index (χ2n) is 16.4. The van der Waals surface area contributed by atoms with Crippen molar-refractivity contribution < 1.29 is 17.9 Å². The summed E-state index contributed by atoms with van der Waals surface area (Å²) < 4.78 is 20.2. The van der Waals surface area contributed by atoms with Crippen LogP contribution in [0.25, 0.3) is 6.08 Å². The van der Waals surface area contributed by atoms with E-state index in [0.717, 1.165) is 22.7 Å². The first-order valence-corrected chi connectivity index (χ1v) is 23.4. The van der Waals surface area contributed by atoms with Gasteiger partial charge in [-0.15, -0.1) is 43.7 Å². The Bertz CT molecular complexity index is 1280. The second-order valence-corrected chi connectivity index (χ2v) is 27.3. The highest BCUT2D eigenvalue weighted by molar-refractivity contribution is 8.30. The lowest BCUT2D eigenvalue weighted by atomic mass is 9.99. The molecule has 0 bridgehead atoms. The van der Waals surface area contributed by atoms with Crippen molar-refractivity contribution in [2.45, 2.75) is 147 Å². The van der Waals surface area contributed by atoms with Crippen LogP contribution in [0.15, 0.2) is 34.8 Å². The molecule has 5 atom stereocenters. The lowest BCUT2D eigenvalue weighted by Crippen LogP contribution is -2.44. The molecule has 1 aliphatic rings. The summed E-state index contributed by atoms with van der Waals surface area (Å²) in [7, 11) is -2.91. The first-order valence-electron chi connectivity index (χ1n) is 16.9. The highest BCUT2D eigenvalue weighted by Gasteiger charge is 2.43. The molecule has 0 unspecified atom stereocenters. The molecule has 9 heteroatoms. The van der Waals surface area contributed by atoms with E-state index in [1.165, 1.54) is 5.57 Å². The van der Waals surface area contributed by atoms with Crippen molar-refractivity contribution in [3.05, 3.63) is 45.5 Å². The van der Waals surface area contributed by atoms with Crippen molar-refractivity contribution in [2.75, 3.05) is 25.0 Å². The number of aromatic nitrogens is 1. The van der Waals surface area contributed by atoms with Gasteiger partial charge in [0.1, 0.15) is 6.10 Å². The van der Waals surface area contributed by atoms with E-state index in [4.69, 9.17) is 13.1 Å². The Labute approximate surface area is 300 Å². The van der Waals surface area contributed by atoms with E-state index in [1.54, 1.807) is 11.3 Å². The molecule has 0 amide bonds. The lowest BCUT2D eigenvalue weighted by molar-refractivity contribution is -0.149. The zero-order valence-electron chi connectivity index (χ0n) is 32.6. The highest BCUT2D eigenvalue weighted by Crippen LogP contribution is 2.58. The van der Waals surface area contributed by atoms with Gasteiger partial charge in [0.15, 0.2) is 0 Å². The summed E-state index contributed by atoms with van der Waals surface area (Å²) in [6.07, 6.45) is 18.8. The van der Waals surface area contributed by atoms with Crippen LogP contribution >= 0.6 is 43.7 Å². The molecule has 0 spiro atoms. The Morgan fingerprint density at radius 2 is 1.60 bits per heavy atom. The quantitative estimate of drug-likeness (QED) is 0.215. The number of carbonyl (C=O) groups is 1. The van der Waals surface area contributed by atoms with Gasteiger partial charge in [0.05, 0.1) is 29.3 Å². The number of cyclic esters (lactones) is 1. The van der Waals surface area contributed by atoms with Crippen LogP contribution in [0.1, 0.15) is 113 Å². The molecule has 5 nitrogen and oxygen atoms in total. The van der Waals surface area contributed by atoms with E-state index in [9.17, 15) is 4.79 Å². The minimum Gasteiger partial charge on any atom is -0.457 e. The maximum Gasteiger partial charge on any atom is 0.309 e. The highest BCUT2D eigenvalue weighted by atomic mass is 32.3. The average Bonchev–Trinajstić information content (AvgIpc) is 3.30. The maximum absolute atomic E-state index is 14.0. The van der Waals surface area contributed by atoms with Gasteiger partial charge in [-0.1, -0.05) is 79.2 Å².